The summed E-state index contributed by atoms with van der Waals surface area (Å²) in [5.74, 6) is -5.88. The first-order valence-corrected chi connectivity index (χ1v) is 15.7. The summed E-state index contributed by atoms with van der Waals surface area (Å²) in [6, 6.07) is -0.969. The van der Waals surface area contributed by atoms with Gasteiger partial charge in [0.1, 0.15) is 23.9 Å². The zero-order valence-electron chi connectivity index (χ0n) is 27.5. The fraction of sp³-hybridized carbons (Fsp3) is 0.812. The van der Waals surface area contributed by atoms with Crippen LogP contribution >= 0.6 is 0 Å². The van der Waals surface area contributed by atoms with Crippen molar-refractivity contribution >= 4 is 23.6 Å². The molecule has 0 saturated heterocycles. The third kappa shape index (κ3) is 5.96. The van der Waals surface area contributed by atoms with Gasteiger partial charge in [0.2, 0.25) is 5.91 Å². The Bertz CT molecular complexity index is 1220. The van der Waals surface area contributed by atoms with E-state index in [4.69, 9.17) is 9.47 Å². The van der Waals surface area contributed by atoms with Crippen LogP contribution in [0.25, 0.3) is 0 Å². The number of aliphatic hydroxyl groups excluding tert-OH is 4. The van der Waals surface area contributed by atoms with Crippen LogP contribution in [-0.2, 0) is 28.7 Å². The zero-order valence-corrected chi connectivity index (χ0v) is 27.5. The highest BCUT2D eigenvalue weighted by molar-refractivity contribution is 5.93. The molecule has 0 unspecified atom stereocenters. The lowest BCUT2D eigenvalue weighted by atomic mass is 9.44. The van der Waals surface area contributed by atoms with Crippen molar-refractivity contribution in [2.45, 2.75) is 135 Å². The second-order valence-corrected chi connectivity index (χ2v) is 14.0. The summed E-state index contributed by atoms with van der Waals surface area (Å²) in [6.45, 7) is 10.7. The quantitative estimate of drug-likeness (QED) is 0.131. The van der Waals surface area contributed by atoms with E-state index in [1.54, 1.807) is 6.92 Å². The van der Waals surface area contributed by atoms with Gasteiger partial charge in [-0.3, -0.25) is 14.4 Å². The molecular weight excluding hydrogens is 590 g/mol. The van der Waals surface area contributed by atoms with Gasteiger partial charge < -0.3 is 45.4 Å². The van der Waals surface area contributed by atoms with Crippen LogP contribution in [0.3, 0.4) is 0 Å². The number of aliphatic hydroxyl groups is 6. The van der Waals surface area contributed by atoms with Crippen LogP contribution in [0.5, 0.6) is 0 Å². The minimum absolute atomic E-state index is 0.0341. The second-order valence-electron chi connectivity index (χ2n) is 14.0. The van der Waals surface area contributed by atoms with E-state index in [9.17, 15) is 49.8 Å². The van der Waals surface area contributed by atoms with Gasteiger partial charge in [0.15, 0.2) is 11.9 Å². The summed E-state index contributed by atoms with van der Waals surface area (Å²) >= 11 is 0. The van der Waals surface area contributed by atoms with Crippen LogP contribution in [-0.4, -0.2) is 109 Å². The van der Waals surface area contributed by atoms with Crippen molar-refractivity contribution in [2.75, 3.05) is 6.61 Å². The van der Waals surface area contributed by atoms with E-state index in [-0.39, 0.29) is 24.0 Å². The van der Waals surface area contributed by atoms with Crippen molar-refractivity contribution in [1.29, 1.82) is 0 Å². The first-order chi connectivity index (χ1) is 20.7. The molecule has 1 amide bonds. The smallest absolute Gasteiger partial charge is 0.337 e. The Hall–Kier alpha value is -2.42. The summed E-state index contributed by atoms with van der Waals surface area (Å²) in [5, 5.41) is 71.9. The lowest BCUT2D eigenvalue weighted by Gasteiger charge is -2.64. The minimum Gasteiger partial charge on any atom is -0.459 e. The molecule has 13 nitrogen and oxygen atoms in total. The summed E-state index contributed by atoms with van der Waals surface area (Å²) in [5.41, 5.74) is -7.84. The molecule has 0 aromatic heterocycles. The van der Waals surface area contributed by atoms with Gasteiger partial charge in [0, 0.05) is 31.6 Å². The van der Waals surface area contributed by atoms with E-state index >= 15 is 0 Å². The summed E-state index contributed by atoms with van der Waals surface area (Å²) in [4.78, 5) is 52.1. The zero-order chi connectivity index (χ0) is 34.4. The van der Waals surface area contributed by atoms with Gasteiger partial charge in [-0.2, -0.15) is 0 Å². The molecule has 3 aliphatic rings. The Balaban J connectivity index is 2.26. The number of hydrogen-bond donors (Lipinski definition) is 7. The van der Waals surface area contributed by atoms with E-state index in [1.165, 1.54) is 34.6 Å². The lowest BCUT2D eigenvalue weighted by molar-refractivity contribution is -0.280. The lowest BCUT2D eigenvalue weighted by Crippen LogP contribution is -2.76. The van der Waals surface area contributed by atoms with Crippen LogP contribution in [0.15, 0.2) is 11.1 Å². The van der Waals surface area contributed by atoms with E-state index in [1.807, 2.05) is 6.92 Å². The number of carbonyl (C=O) groups is 4. The van der Waals surface area contributed by atoms with Crippen LogP contribution in [0.4, 0.5) is 0 Å². The van der Waals surface area contributed by atoms with Crippen LogP contribution in [0.2, 0.25) is 0 Å². The maximum Gasteiger partial charge on any atom is 0.337 e. The molecule has 0 aliphatic heterocycles. The summed E-state index contributed by atoms with van der Waals surface area (Å²) in [6.07, 6.45) is -7.35. The predicted molar refractivity (Wildman–Crippen MR) is 159 cm³/mol. The third-order valence-corrected chi connectivity index (χ3v) is 11.0. The first-order valence-electron chi connectivity index (χ1n) is 15.7. The second kappa shape index (κ2) is 13.0. The van der Waals surface area contributed by atoms with Crippen molar-refractivity contribution in [3.05, 3.63) is 11.1 Å². The Kier molecular flexibility index (Phi) is 10.7. The maximum atomic E-state index is 14.3. The topological polar surface area (TPSA) is 220 Å². The molecule has 13 heteroatoms. The van der Waals surface area contributed by atoms with Crippen molar-refractivity contribution < 1.29 is 59.3 Å². The molecule has 11 atom stereocenters. The number of fused-ring (bicyclic) bond motifs is 3. The fourth-order valence-corrected chi connectivity index (χ4v) is 8.13. The van der Waals surface area contributed by atoms with Crippen molar-refractivity contribution in [1.82, 2.24) is 5.32 Å². The molecule has 2 saturated carbocycles. The number of ketones is 1. The molecule has 2 bridgehead atoms. The highest BCUT2D eigenvalue weighted by atomic mass is 16.6. The van der Waals surface area contributed by atoms with Crippen molar-refractivity contribution in [3.63, 3.8) is 0 Å². The van der Waals surface area contributed by atoms with Crippen LogP contribution < -0.4 is 5.32 Å². The van der Waals surface area contributed by atoms with Gasteiger partial charge in [0.05, 0.1) is 29.8 Å². The van der Waals surface area contributed by atoms with Crippen LogP contribution in [0.1, 0.15) is 87.5 Å². The van der Waals surface area contributed by atoms with Gasteiger partial charge in [-0.05, 0) is 43.8 Å². The number of esters is 2. The number of nitrogens with one attached hydrogen (secondary N) is 1. The van der Waals surface area contributed by atoms with Crippen LogP contribution in [0, 0.1) is 22.7 Å². The standard InChI is InChI=1S/C32H51NO12/c1-9-10-11-19(33-17(4)35)23(38)28(41)45-20-13-32(43)27(44-18(5)36)25-30(8,21(37)12-15(2)31(25,42)14-34)26(40)24(39)22(16(20)3)29(32,6)7/h15,19-21,23-25,27,34,37-39,42-43H,9-14H2,1-8H3,(H,33,35)/t15-,19+,20+,21+,23-,24-,25+,27+,30-,31+,32-/m1/s1. The minimum atomic E-state index is -2.27. The van der Waals surface area contributed by atoms with Gasteiger partial charge in [-0.1, -0.05) is 40.5 Å². The molecule has 0 radical (unpaired) electrons. The van der Waals surface area contributed by atoms with E-state index < -0.39 is 107 Å². The normalized spacial score (nSPS) is 39.1. The Morgan fingerprint density at radius 3 is 2.20 bits per heavy atom. The van der Waals surface area contributed by atoms with E-state index in [2.05, 4.69) is 5.32 Å². The number of amides is 1. The Labute approximate surface area is 264 Å². The molecule has 0 spiro atoms. The molecular formula is C32H51NO12. The molecule has 256 valence electrons. The molecule has 3 rings (SSSR count). The molecule has 0 aromatic carbocycles. The Morgan fingerprint density at radius 2 is 1.69 bits per heavy atom. The fourth-order valence-electron chi connectivity index (χ4n) is 8.13. The molecule has 7 N–H and O–H groups in total. The monoisotopic (exact) mass is 641 g/mol. The van der Waals surface area contributed by atoms with E-state index in [0.29, 0.717) is 6.42 Å². The maximum absolute atomic E-state index is 14.3. The van der Waals surface area contributed by atoms with Gasteiger partial charge in [0.25, 0.3) is 0 Å². The Morgan fingerprint density at radius 1 is 1.09 bits per heavy atom. The van der Waals surface area contributed by atoms with Gasteiger partial charge >= 0.3 is 11.9 Å². The summed E-state index contributed by atoms with van der Waals surface area (Å²) < 4.78 is 11.5. The number of Topliss-reactive ketones (excluding diaryl/α,β-unsaturated/α-hetero) is 1. The van der Waals surface area contributed by atoms with Gasteiger partial charge in [-0.25, -0.2) is 4.79 Å². The average molecular weight is 642 g/mol. The number of hydrogen-bond acceptors (Lipinski definition) is 12. The van der Waals surface area contributed by atoms with Crippen molar-refractivity contribution in [3.8, 4) is 0 Å². The first kappa shape index (κ1) is 37.0. The molecule has 0 aromatic rings. The highest BCUT2D eigenvalue weighted by Gasteiger charge is 2.73. The molecule has 3 aliphatic carbocycles. The number of carbonyl (C=O) groups excluding carboxylic acids is 4. The number of unbranched alkanes of at least 4 members (excludes halogenated alkanes) is 1. The molecule has 0 heterocycles. The van der Waals surface area contributed by atoms with Crippen molar-refractivity contribution in [2.24, 2.45) is 22.7 Å². The van der Waals surface area contributed by atoms with E-state index in [0.717, 1.165) is 13.3 Å². The predicted octanol–water partition coefficient (Wildman–Crippen LogP) is 0.0534. The number of rotatable bonds is 9. The van der Waals surface area contributed by atoms with Gasteiger partial charge in [-0.15, -0.1) is 0 Å². The third-order valence-electron chi connectivity index (χ3n) is 11.0. The average Bonchev–Trinajstić information content (AvgIpc) is 2.94. The highest BCUT2D eigenvalue weighted by Crippen LogP contribution is 2.62. The molecule has 2 fully saturated rings. The SMILES string of the molecule is CCCC[C@H](NC(C)=O)[C@@H](O)C(=O)O[C@H]1C[C@@]2(O)[C@@H](OC(C)=O)[C@@H]3[C@](O)(CO)[C@H](C)C[C@H](O)[C@@]3(C)C(=O)[C@H](O)C(=C1C)C2(C)C. The molecule has 45 heavy (non-hydrogen) atoms. The summed E-state index contributed by atoms with van der Waals surface area (Å²) in [7, 11) is 0. The number of ether oxygens (including phenoxy) is 2. The largest absolute Gasteiger partial charge is 0.459 e.